The Bertz CT molecular complexity index is 1050. The van der Waals surface area contributed by atoms with E-state index in [1.165, 1.54) is 11.1 Å². The molecule has 1 aliphatic carbocycles. The highest BCUT2D eigenvalue weighted by molar-refractivity contribution is 6.35. The van der Waals surface area contributed by atoms with Gasteiger partial charge in [0, 0.05) is 16.8 Å². The molecule has 3 aliphatic rings. The number of halogens is 1. The van der Waals surface area contributed by atoms with E-state index in [0.29, 0.717) is 19.0 Å². The van der Waals surface area contributed by atoms with Gasteiger partial charge in [-0.05, 0) is 55.4 Å². The Kier molecular flexibility index (Phi) is 4.64. The number of aromatic nitrogens is 2. The van der Waals surface area contributed by atoms with E-state index in [4.69, 9.17) is 21.3 Å². The zero-order valence-electron chi connectivity index (χ0n) is 15.5. The first kappa shape index (κ1) is 17.5. The molecule has 2 aliphatic heterocycles. The lowest BCUT2D eigenvalue weighted by Crippen LogP contribution is -2.33. The molecule has 0 atom stereocenters. The summed E-state index contributed by atoms with van der Waals surface area (Å²) in [5.41, 5.74) is 6.44. The van der Waals surface area contributed by atoms with Gasteiger partial charge in [0.1, 0.15) is 5.75 Å². The number of aromatic amines is 1. The van der Waals surface area contributed by atoms with Crippen LogP contribution in [0.25, 0.3) is 5.57 Å². The van der Waals surface area contributed by atoms with Gasteiger partial charge in [0.2, 0.25) is 0 Å². The van der Waals surface area contributed by atoms with Crippen molar-refractivity contribution >= 4 is 23.4 Å². The maximum absolute atomic E-state index is 6.73. The van der Waals surface area contributed by atoms with Crippen LogP contribution in [0, 0.1) is 5.92 Å². The van der Waals surface area contributed by atoms with Crippen LogP contribution in [-0.4, -0.2) is 28.8 Å². The van der Waals surface area contributed by atoms with Crippen LogP contribution in [0.15, 0.2) is 45.7 Å². The minimum absolute atomic E-state index is 0.229. The van der Waals surface area contributed by atoms with E-state index in [1.54, 1.807) is 12.4 Å². The van der Waals surface area contributed by atoms with Crippen molar-refractivity contribution in [2.24, 2.45) is 16.0 Å². The van der Waals surface area contributed by atoms with Crippen LogP contribution in [0.3, 0.4) is 0 Å². The van der Waals surface area contributed by atoms with Crippen LogP contribution < -0.4 is 20.9 Å². The molecule has 1 fully saturated rings. The third kappa shape index (κ3) is 3.22. The van der Waals surface area contributed by atoms with Crippen LogP contribution in [0.5, 0.6) is 5.75 Å². The van der Waals surface area contributed by atoms with Gasteiger partial charge in [0.15, 0.2) is 0 Å². The smallest absolute Gasteiger partial charge is 0.137 e. The second-order valence-corrected chi connectivity index (χ2v) is 7.83. The lowest BCUT2D eigenvalue weighted by atomic mass is 9.82. The van der Waals surface area contributed by atoms with Gasteiger partial charge in [-0.2, -0.15) is 5.10 Å². The lowest BCUT2D eigenvalue weighted by molar-refractivity contribution is 0.142. The molecule has 0 saturated heterocycles. The number of allylic oxidation sites excluding steroid dienone is 1. The molecule has 0 aromatic carbocycles. The lowest BCUT2D eigenvalue weighted by Gasteiger charge is -2.30. The minimum Gasteiger partial charge on any atom is -0.489 e. The van der Waals surface area contributed by atoms with Crippen molar-refractivity contribution in [1.29, 1.82) is 0 Å². The predicted molar refractivity (Wildman–Crippen MR) is 109 cm³/mol. The number of ether oxygens (including phenoxy) is 1. The molecule has 1 saturated carbocycles. The molecule has 0 radical (unpaired) electrons. The summed E-state index contributed by atoms with van der Waals surface area (Å²) in [7, 11) is 0. The number of nitrogens with one attached hydrogen (secondary N) is 2. The van der Waals surface area contributed by atoms with E-state index >= 15 is 0 Å². The topological polar surface area (TPSA) is 74.7 Å². The first-order chi connectivity index (χ1) is 13.8. The standard InChI is InChI=1S/C21H22ClN5O/c22-17-7-9-24-20-16-11-25-26-12-18(16)27-21(20)19(17)13-3-5-14(6-4-13)28-15-2-1-8-23-10-15/h1-2,7-8,10,12-14,25,27H,3-6,9,11H2. The Morgan fingerprint density at radius 1 is 1.18 bits per heavy atom. The Labute approximate surface area is 168 Å². The van der Waals surface area contributed by atoms with E-state index in [-0.39, 0.29) is 6.10 Å². The van der Waals surface area contributed by atoms with Crippen LogP contribution in [0.1, 0.15) is 36.9 Å². The van der Waals surface area contributed by atoms with Crippen molar-refractivity contribution in [1.82, 2.24) is 15.4 Å². The number of hydrazone groups is 1. The minimum atomic E-state index is 0.229. The monoisotopic (exact) mass is 395 g/mol. The number of nitrogens with zero attached hydrogens (tertiary/aromatic N) is 3. The van der Waals surface area contributed by atoms with E-state index in [9.17, 15) is 0 Å². The molecule has 4 heterocycles. The highest BCUT2D eigenvalue weighted by Gasteiger charge is 2.28. The number of fused-ring (bicyclic) bond motifs is 3. The number of pyridine rings is 1. The molecular formula is C21H22ClN5O. The molecule has 144 valence electrons. The second kappa shape index (κ2) is 7.43. The molecule has 28 heavy (non-hydrogen) atoms. The van der Waals surface area contributed by atoms with Crippen LogP contribution in [0.4, 0.5) is 0 Å². The fraction of sp³-hybridized carbons (Fsp3) is 0.381. The van der Waals surface area contributed by atoms with Gasteiger partial charge in [-0.15, -0.1) is 0 Å². The van der Waals surface area contributed by atoms with Crippen molar-refractivity contribution in [2.45, 2.75) is 38.3 Å². The second-order valence-electron chi connectivity index (χ2n) is 7.42. The first-order valence-electron chi connectivity index (χ1n) is 9.78. The summed E-state index contributed by atoms with van der Waals surface area (Å²) in [6.07, 6.45) is 11.7. The van der Waals surface area contributed by atoms with Gasteiger partial charge < -0.3 is 15.1 Å². The third-order valence-electron chi connectivity index (χ3n) is 5.71. The van der Waals surface area contributed by atoms with E-state index in [1.807, 2.05) is 24.4 Å². The van der Waals surface area contributed by atoms with Crippen LogP contribution in [0.2, 0.25) is 0 Å². The van der Waals surface area contributed by atoms with Gasteiger partial charge in [-0.1, -0.05) is 11.6 Å². The van der Waals surface area contributed by atoms with Gasteiger partial charge in [0.05, 0.1) is 48.0 Å². The van der Waals surface area contributed by atoms with Gasteiger partial charge in [-0.25, -0.2) is 0 Å². The molecule has 0 bridgehead atoms. The average Bonchev–Trinajstić information content (AvgIpc) is 3.00. The van der Waals surface area contributed by atoms with Crippen molar-refractivity contribution < 1.29 is 4.74 Å². The summed E-state index contributed by atoms with van der Waals surface area (Å²) < 4.78 is 6.11. The summed E-state index contributed by atoms with van der Waals surface area (Å²) in [5, 5.41) is 7.08. The zero-order valence-corrected chi connectivity index (χ0v) is 16.2. The molecule has 2 N–H and O–H groups in total. The van der Waals surface area contributed by atoms with E-state index in [2.05, 4.69) is 20.5 Å². The quantitative estimate of drug-likeness (QED) is 0.837. The van der Waals surface area contributed by atoms with E-state index in [0.717, 1.165) is 52.9 Å². The van der Waals surface area contributed by atoms with Crippen LogP contribution >= 0.6 is 11.6 Å². The van der Waals surface area contributed by atoms with Gasteiger partial charge in [-0.3, -0.25) is 9.98 Å². The third-order valence-corrected chi connectivity index (χ3v) is 6.07. The van der Waals surface area contributed by atoms with Crippen molar-refractivity contribution in [3.63, 3.8) is 0 Å². The predicted octanol–water partition coefficient (Wildman–Crippen LogP) is 2.39. The van der Waals surface area contributed by atoms with Crippen molar-refractivity contribution in [3.8, 4) is 5.75 Å². The van der Waals surface area contributed by atoms with E-state index < -0.39 is 0 Å². The molecule has 2 aromatic rings. The summed E-state index contributed by atoms with van der Waals surface area (Å²) >= 11 is 6.73. The van der Waals surface area contributed by atoms with Gasteiger partial charge >= 0.3 is 0 Å². The molecule has 2 aromatic heterocycles. The molecular weight excluding hydrogens is 374 g/mol. The highest BCUT2D eigenvalue weighted by Crippen LogP contribution is 2.36. The van der Waals surface area contributed by atoms with Crippen molar-refractivity contribution in [2.75, 3.05) is 6.54 Å². The first-order valence-corrected chi connectivity index (χ1v) is 10.2. The SMILES string of the molecule is ClC1=CCN=c2c3c([nH]c2=C1C1CCC(Oc2cccnc2)CC1)C=NNC3. The molecule has 6 nitrogen and oxygen atoms in total. The summed E-state index contributed by atoms with van der Waals surface area (Å²) in [6, 6.07) is 3.87. The fourth-order valence-electron chi connectivity index (χ4n) is 4.37. The van der Waals surface area contributed by atoms with Gasteiger partial charge in [0.25, 0.3) is 0 Å². The number of hydrogen-bond donors (Lipinski definition) is 2. The Balaban J connectivity index is 1.43. The highest BCUT2D eigenvalue weighted by atomic mass is 35.5. The number of H-pyrrole nitrogens is 1. The molecule has 5 rings (SSSR count). The van der Waals surface area contributed by atoms with Crippen LogP contribution in [-0.2, 0) is 6.54 Å². The Hall–Kier alpha value is -2.60. The molecule has 0 spiro atoms. The maximum Gasteiger partial charge on any atom is 0.137 e. The van der Waals surface area contributed by atoms with Crippen molar-refractivity contribution in [3.05, 3.63) is 57.6 Å². The largest absolute Gasteiger partial charge is 0.489 e. The summed E-state index contributed by atoms with van der Waals surface area (Å²) in [5.74, 6) is 1.24. The number of hydrogen-bond acceptors (Lipinski definition) is 5. The molecule has 0 amide bonds. The maximum atomic E-state index is 6.73. The Morgan fingerprint density at radius 2 is 2.07 bits per heavy atom. The molecule has 7 heteroatoms. The summed E-state index contributed by atoms with van der Waals surface area (Å²) in [6.45, 7) is 1.30. The summed E-state index contributed by atoms with van der Waals surface area (Å²) in [4.78, 5) is 12.4. The molecule has 0 unspecified atom stereocenters. The normalized spacial score (nSPS) is 23.6. The zero-order chi connectivity index (χ0) is 18.9. The fourth-order valence-corrected chi connectivity index (χ4v) is 4.68. The average molecular weight is 396 g/mol. The number of rotatable bonds is 3. The Morgan fingerprint density at radius 3 is 2.89 bits per heavy atom.